The second-order valence-corrected chi connectivity index (χ2v) is 7.44. The molecule has 0 unspecified atom stereocenters. The predicted molar refractivity (Wildman–Crippen MR) is 116 cm³/mol. The summed E-state index contributed by atoms with van der Waals surface area (Å²) in [7, 11) is 0.757. The van der Waals surface area contributed by atoms with Crippen LogP contribution in [-0.2, 0) is 27.5 Å². The van der Waals surface area contributed by atoms with Crippen molar-refractivity contribution in [3.05, 3.63) is 73.9 Å². The van der Waals surface area contributed by atoms with Crippen LogP contribution < -0.4 is 20.7 Å². The highest BCUT2D eigenvalue weighted by atomic mass is 35.5. The van der Waals surface area contributed by atoms with Crippen LogP contribution in [0.4, 0.5) is 17.6 Å². The van der Waals surface area contributed by atoms with Crippen molar-refractivity contribution < 1.29 is 46.5 Å². The Kier molecular flexibility index (Phi) is 7.86. The molecule has 1 aromatic carbocycles. The fourth-order valence-corrected chi connectivity index (χ4v) is 3.07. The summed E-state index contributed by atoms with van der Waals surface area (Å²) in [6.07, 6.45) is -3.77. The topological polar surface area (TPSA) is 139 Å². The van der Waals surface area contributed by atoms with E-state index >= 15 is 0 Å². The van der Waals surface area contributed by atoms with Crippen molar-refractivity contribution in [3.8, 4) is 23.1 Å². The summed E-state index contributed by atoms with van der Waals surface area (Å²) < 4.78 is 69.4. The molecule has 3 rings (SSSR count). The lowest BCUT2D eigenvalue weighted by Crippen LogP contribution is -2.41. The van der Waals surface area contributed by atoms with E-state index in [-0.39, 0.29) is 37.6 Å². The van der Waals surface area contributed by atoms with E-state index in [1.807, 2.05) is 0 Å². The SMILES string of the molecule is Cn1c(C(F)(F)F)cc(=O)n(-c2cc(Oc3cccnc3OCC(=O)OCC(=O)O)c(Cl)cc2F)c1=O. The molecule has 196 valence electrons. The van der Waals surface area contributed by atoms with Crippen molar-refractivity contribution in [3.63, 3.8) is 0 Å². The maximum Gasteiger partial charge on any atom is 0.431 e. The Morgan fingerprint density at radius 2 is 1.84 bits per heavy atom. The number of carbonyl (C=O) groups is 2. The van der Waals surface area contributed by atoms with Crippen molar-refractivity contribution in [2.75, 3.05) is 13.2 Å². The lowest BCUT2D eigenvalue weighted by atomic mass is 10.2. The zero-order valence-corrected chi connectivity index (χ0v) is 19.2. The number of ether oxygens (including phenoxy) is 3. The minimum absolute atomic E-state index is 0.131. The smallest absolute Gasteiger partial charge is 0.431 e. The highest BCUT2D eigenvalue weighted by molar-refractivity contribution is 6.32. The van der Waals surface area contributed by atoms with Crippen LogP contribution in [0.2, 0.25) is 5.02 Å². The summed E-state index contributed by atoms with van der Waals surface area (Å²) >= 11 is 6.01. The number of aliphatic carboxylic acids is 1. The van der Waals surface area contributed by atoms with Crippen LogP contribution in [-0.4, -0.2) is 44.4 Å². The quantitative estimate of drug-likeness (QED) is 0.333. The maximum absolute atomic E-state index is 14.7. The standard InChI is InChI=1S/C21H14ClF4N3O8/c1-28-15(21(24,25)26)7-16(30)29(20(28)34)12-6-14(10(22)5-11(12)23)37-13-3-2-4-27-19(13)36-9-18(33)35-8-17(31)32/h2-7H,8-9H2,1H3,(H,31,32). The van der Waals surface area contributed by atoms with Gasteiger partial charge in [-0.15, -0.1) is 0 Å². The molecule has 0 aliphatic carbocycles. The summed E-state index contributed by atoms with van der Waals surface area (Å²) in [5, 5.41) is 8.16. The molecule has 0 aliphatic heterocycles. The number of halogens is 5. The average molecular weight is 548 g/mol. The molecular weight excluding hydrogens is 534 g/mol. The Bertz CT molecular complexity index is 1490. The molecule has 0 amide bonds. The molecule has 2 aromatic heterocycles. The number of hydrogen-bond donors (Lipinski definition) is 1. The number of carboxylic acid groups (broad SMARTS) is 1. The molecule has 3 aromatic rings. The zero-order chi connectivity index (χ0) is 27.5. The first-order valence-corrected chi connectivity index (χ1v) is 10.2. The highest BCUT2D eigenvalue weighted by Gasteiger charge is 2.35. The van der Waals surface area contributed by atoms with E-state index in [0.29, 0.717) is 6.07 Å². The molecule has 16 heteroatoms. The third kappa shape index (κ3) is 6.24. The van der Waals surface area contributed by atoms with Gasteiger partial charge in [0.25, 0.3) is 11.4 Å². The lowest BCUT2D eigenvalue weighted by molar-refractivity contribution is -0.156. The van der Waals surface area contributed by atoms with Gasteiger partial charge >= 0.3 is 23.8 Å². The van der Waals surface area contributed by atoms with Gasteiger partial charge in [-0.05, 0) is 18.2 Å². The highest BCUT2D eigenvalue weighted by Crippen LogP contribution is 2.36. The Hall–Kier alpha value is -4.40. The summed E-state index contributed by atoms with van der Waals surface area (Å²) in [4.78, 5) is 50.8. The van der Waals surface area contributed by atoms with Gasteiger partial charge in [-0.1, -0.05) is 11.6 Å². The number of aromatic nitrogens is 3. The van der Waals surface area contributed by atoms with E-state index in [4.69, 9.17) is 26.2 Å². The summed E-state index contributed by atoms with van der Waals surface area (Å²) in [5.41, 5.74) is -5.25. The third-order valence-electron chi connectivity index (χ3n) is 4.49. The number of benzene rings is 1. The molecule has 37 heavy (non-hydrogen) atoms. The van der Waals surface area contributed by atoms with Gasteiger partial charge in [0.15, 0.2) is 19.0 Å². The van der Waals surface area contributed by atoms with Gasteiger partial charge in [0.1, 0.15) is 17.3 Å². The molecule has 0 aliphatic rings. The lowest BCUT2D eigenvalue weighted by Gasteiger charge is -2.16. The number of carbonyl (C=O) groups excluding carboxylic acids is 1. The van der Waals surface area contributed by atoms with E-state index in [0.717, 1.165) is 13.1 Å². The summed E-state index contributed by atoms with van der Waals surface area (Å²) in [5.74, 6) is -4.52. The van der Waals surface area contributed by atoms with Gasteiger partial charge in [0, 0.05) is 25.4 Å². The number of carboxylic acids is 1. The first-order valence-electron chi connectivity index (χ1n) is 9.82. The molecule has 2 heterocycles. The minimum atomic E-state index is -5.02. The molecule has 0 bridgehead atoms. The van der Waals surface area contributed by atoms with Crippen molar-refractivity contribution in [2.45, 2.75) is 6.18 Å². The van der Waals surface area contributed by atoms with E-state index in [1.165, 1.54) is 18.3 Å². The van der Waals surface area contributed by atoms with Gasteiger partial charge < -0.3 is 19.3 Å². The van der Waals surface area contributed by atoms with Crippen LogP contribution in [0.5, 0.6) is 17.4 Å². The summed E-state index contributed by atoms with van der Waals surface area (Å²) in [6, 6.07) is 4.25. The monoisotopic (exact) mass is 547 g/mol. The largest absolute Gasteiger partial charge is 0.479 e. The van der Waals surface area contributed by atoms with Crippen LogP contribution in [0.25, 0.3) is 5.69 Å². The molecule has 1 N–H and O–H groups in total. The molecule has 0 fully saturated rings. The first-order chi connectivity index (χ1) is 17.3. The molecule has 0 radical (unpaired) electrons. The number of esters is 1. The Labute approximate surface area is 208 Å². The first kappa shape index (κ1) is 27.2. The normalized spacial score (nSPS) is 11.2. The maximum atomic E-state index is 14.7. The fourth-order valence-electron chi connectivity index (χ4n) is 2.88. The number of nitrogens with zero attached hydrogens (tertiary/aromatic N) is 3. The molecule has 11 nitrogen and oxygen atoms in total. The van der Waals surface area contributed by atoms with Gasteiger partial charge in [-0.2, -0.15) is 13.2 Å². The number of pyridine rings is 1. The van der Waals surface area contributed by atoms with E-state index in [2.05, 4.69) is 9.72 Å². The Morgan fingerprint density at radius 3 is 2.49 bits per heavy atom. The minimum Gasteiger partial charge on any atom is -0.479 e. The summed E-state index contributed by atoms with van der Waals surface area (Å²) in [6.45, 7) is -1.66. The molecule has 0 spiro atoms. The zero-order valence-electron chi connectivity index (χ0n) is 18.4. The van der Waals surface area contributed by atoms with E-state index in [9.17, 15) is 36.7 Å². The molecule has 0 atom stereocenters. The molecular formula is C21H14ClF4N3O8. The van der Waals surface area contributed by atoms with Gasteiger partial charge in [-0.25, -0.2) is 28.3 Å². The van der Waals surface area contributed by atoms with Gasteiger partial charge in [-0.3, -0.25) is 9.36 Å². The number of rotatable bonds is 8. The van der Waals surface area contributed by atoms with Crippen molar-refractivity contribution >= 4 is 23.5 Å². The van der Waals surface area contributed by atoms with Gasteiger partial charge in [0.2, 0.25) is 0 Å². The van der Waals surface area contributed by atoms with Crippen LogP contribution >= 0.6 is 11.6 Å². The van der Waals surface area contributed by atoms with Crippen molar-refractivity contribution in [1.29, 1.82) is 0 Å². The molecule has 0 saturated carbocycles. The number of alkyl halides is 3. The second-order valence-electron chi connectivity index (χ2n) is 7.03. The van der Waals surface area contributed by atoms with Gasteiger partial charge in [0.05, 0.1) is 10.7 Å². The number of hydrogen-bond acceptors (Lipinski definition) is 8. The van der Waals surface area contributed by atoms with Crippen molar-refractivity contribution in [1.82, 2.24) is 14.1 Å². The Balaban J connectivity index is 1.98. The van der Waals surface area contributed by atoms with E-state index < -0.39 is 59.8 Å². The van der Waals surface area contributed by atoms with Crippen LogP contribution in [0.1, 0.15) is 5.69 Å². The second kappa shape index (κ2) is 10.7. The van der Waals surface area contributed by atoms with Crippen LogP contribution in [0.3, 0.4) is 0 Å². The predicted octanol–water partition coefficient (Wildman–Crippen LogP) is 2.54. The van der Waals surface area contributed by atoms with Crippen molar-refractivity contribution in [2.24, 2.45) is 7.05 Å². The Morgan fingerprint density at radius 1 is 1.14 bits per heavy atom. The molecule has 0 saturated heterocycles. The van der Waals surface area contributed by atoms with E-state index in [1.54, 1.807) is 0 Å². The average Bonchev–Trinajstić information content (AvgIpc) is 2.81. The van der Waals surface area contributed by atoms with Crippen LogP contribution in [0.15, 0.2) is 46.1 Å². The van der Waals surface area contributed by atoms with Crippen LogP contribution in [0, 0.1) is 5.82 Å². The fraction of sp³-hybridized carbons (Fsp3) is 0.190. The third-order valence-corrected chi connectivity index (χ3v) is 4.79.